The van der Waals surface area contributed by atoms with Gasteiger partial charge >= 0.3 is 0 Å². The molecule has 114 valence electrons. The summed E-state index contributed by atoms with van der Waals surface area (Å²) in [6.45, 7) is 2.95. The molecule has 0 fully saturated rings. The van der Waals surface area contributed by atoms with Crippen molar-refractivity contribution in [2.24, 2.45) is 0 Å². The highest BCUT2D eigenvalue weighted by molar-refractivity contribution is 6.17. The van der Waals surface area contributed by atoms with Gasteiger partial charge in [-0.3, -0.25) is 0 Å². The molecule has 2 rings (SSSR count). The molecule has 2 aromatic rings. The van der Waals surface area contributed by atoms with Crippen LogP contribution >= 0.6 is 11.6 Å². The first-order valence-electron chi connectivity index (χ1n) is 7.71. The molecule has 0 bridgehead atoms. The van der Waals surface area contributed by atoms with Crippen molar-refractivity contribution in [2.75, 3.05) is 25.5 Å². The van der Waals surface area contributed by atoms with E-state index in [9.17, 15) is 0 Å². The first-order chi connectivity index (χ1) is 10.9. The SMILES string of the molecule is ClCC[NH+](C/C=C/c1ccccc1)C/C=C/c1ccccc1. The lowest BCUT2D eigenvalue weighted by Crippen LogP contribution is -3.12. The van der Waals surface area contributed by atoms with Crippen LogP contribution < -0.4 is 4.90 Å². The van der Waals surface area contributed by atoms with E-state index in [4.69, 9.17) is 11.6 Å². The van der Waals surface area contributed by atoms with Crippen LogP contribution in [0.25, 0.3) is 12.2 Å². The van der Waals surface area contributed by atoms with Crippen LogP contribution in [-0.2, 0) is 0 Å². The Morgan fingerprint density at radius 3 is 1.59 bits per heavy atom. The molecule has 0 aromatic heterocycles. The molecule has 2 aromatic carbocycles. The highest BCUT2D eigenvalue weighted by atomic mass is 35.5. The van der Waals surface area contributed by atoms with Crippen LogP contribution in [0.5, 0.6) is 0 Å². The molecule has 0 saturated carbocycles. The molecule has 0 amide bonds. The van der Waals surface area contributed by atoms with Crippen LogP contribution in [-0.4, -0.2) is 25.5 Å². The Bertz CT molecular complexity index is 524. The second-order valence-corrected chi connectivity index (χ2v) is 5.60. The van der Waals surface area contributed by atoms with Crippen molar-refractivity contribution in [2.45, 2.75) is 0 Å². The quantitative estimate of drug-likeness (QED) is 0.711. The van der Waals surface area contributed by atoms with E-state index in [1.165, 1.54) is 16.0 Å². The third kappa shape index (κ3) is 6.30. The van der Waals surface area contributed by atoms with Gasteiger partial charge in [0.2, 0.25) is 0 Å². The Labute approximate surface area is 138 Å². The zero-order valence-corrected chi connectivity index (χ0v) is 13.5. The van der Waals surface area contributed by atoms with Crippen LogP contribution in [0.15, 0.2) is 72.8 Å². The molecule has 0 aliphatic heterocycles. The second kappa shape index (κ2) is 9.99. The predicted octanol–water partition coefficient (Wildman–Crippen LogP) is 3.54. The van der Waals surface area contributed by atoms with Gasteiger partial charge in [0.1, 0.15) is 0 Å². The fraction of sp³-hybridized carbons (Fsp3) is 0.200. The molecule has 22 heavy (non-hydrogen) atoms. The van der Waals surface area contributed by atoms with Crippen molar-refractivity contribution in [1.29, 1.82) is 0 Å². The maximum Gasteiger partial charge on any atom is 0.0964 e. The zero-order chi connectivity index (χ0) is 15.5. The maximum atomic E-state index is 5.92. The van der Waals surface area contributed by atoms with Crippen LogP contribution in [0.1, 0.15) is 11.1 Å². The number of halogens is 1. The summed E-state index contributed by atoms with van der Waals surface area (Å²) in [7, 11) is 0. The second-order valence-electron chi connectivity index (χ2n) is 5.22. The molecular weight excluding hydrogens is 290 g/mol. The molecular formula is C20H23ClN+. The molecule has 0 unspecified atom stereocenters. The third-order valence-electron chi connectivity index (χ3n) is 3.48. The average molecular weight is 313 g/mol. The lowest BCUT2D eigenvalue weighted by Gasteiger charge is -2.14. The maximum absolute atomic E-state index is 5.92. The van der Waals surface area contributed by atoms with Gasteiger partial charge in [0.25, 0.3) is 0 Å². The van der Waals surface area contributed by atoms with Gasteiger partial charge in [-0.15, -0.1) is 11.6 Å². The van der Waals surface area contributed by atoms with Crippen molar-refractivity contribution in [3.8, 4) is 0 Å². The average Bonchev–Trinajstić information content (AvgIpc) is 2.57. The molecule has 1 N–H and O–H groups in total. The summed E-state index contributed by atoms with van der Waals surface area (Å²) >= 11 is 5.92. The summed E-state index contributed by atoms with van der Waals surface area (Å²) in [5.74, 6) is 0.688. The van der Waals surface area contributed by atoms with E-state index < -0.39 is 0 Å². The number of hydrogen-bond donors (Lipinski definition) is 1. The van der Waals surface area contributed by atoms with Gasteiger partial charge in [-0.25, -0.2) is 0 Å². The summed E-state index contributed by atoms with van der Waals surface area (Å²) in [6.07, 6.45) is 8.81. The first kappa shape index (κ1) is 16.5. The van der Waals surface area contributed by atoms with Crippen molar-refractivity contribution >= 4 is 23.8 Å². The van der Waals surface area contributed by atoms with Crippen molar-refractivity contribution in [1.82, 2.24) is 0 Å². The summed E-state index contributed by atoms with van der Waals surface area (Å²) in [5.41, 5.74) is 2.49. The monoisotopic (exact) mass is 312 g/mol. The van der Waals surface area contributed by atoms with E-state index in [-0.39, 0.29) is 0 Å². The fourth-order valence-corrected chi connectivity index (χ4v) is 2.54. The molecule has 0 heterocycles. The minimum absolute atomic E-state index is 0.688. The number of rotatable bonds is 8. The van der Waals surface area contributed by atoms with Crippen LogP contribution in [0, 0.1) is 0 Å². The predicted molar refractivity (Wildman–Crippen MR) is 97.2 cm³/mol. The Kier molecular flexibility index (Phi) is 7.51. The van der Waals surface area contributed by atoms with Gasteiger partial charge in [-0.2, -0.15) is 0 Å². The Morgan fingerprint density at radius 1 is 0.727 bits per heavy atom. The van der Waals surface area contributed by atoms with Crippen molar-refractivity contribution < 1.29 is 4.90 Å². The Morgan fingerprint density at radius 2 is 1.18 bits per heavy atom. The van der Waals surface area contributed by atoms with Gasteiger partial charge in [0.15, 0.2) is 0 Å². The van der Waals surface area contributed by atoms with Gasteiger partial charge in [0.05, 0.1) is 25.5 Å². The van der Waals surface area contributed by atoms with Gasteiger partial charge in [-0.05, 0) is 23.3 Å². The topological polar surface area (TPSA) is 4.44 Å². The van der Waals surface area contributed by atoms with Gasteiger partial charge < -0.3 is 4.90 Å². The standard InChI is InChI=1S/C20H22ClN/c21-15-18-22(16-7-13-19-9-3-1-4-10-19)17-8-14-20-11-5-2-6-12-20/h1-14H,15-18H2/p+1/b13-7+,14-8+. The van der Waals surface area contributed by atoms with E-state index in [0.29, 0.717) is 5.88 Å². The highest BCUT2D eigenvalue weighted by Crippen LogP contribution is 2.00. The summed E-state index contributed by atoms with van der Waals surface area (Å²) in [5, 5.41) is 0. The van der Waals surface area contributed by atoms with Crippen LogP contribution in [0.4, 0.5) is 0 Å². The smallest absolute Gasteiger partial charge is 0.0964 e. The fourth-order valence-electron chi connectivity index (χ4n) is 2.27. The summed E-state index contributed by atoms with van der Waals surface area (Å²) < 4.78 is 0. The van der Waals surface area contributed by atoms with Gasteiger partial charge in [0, 0.05) is 0 Å². The molecule has 0 saturated heterocycles. The normalized spacial score (nSPS) is 11.7. The van der Waals surface area contributed by atoms with Crippen LogP contribution in [0.2, 0.25) is 0 Å². The lowest BCUT2D eigenvalue weighted by atomic mass is 10.2. The number of benzene rings is 2. The van der Waals surface area contributed by atoms with Crippen molar-refractivity contribution in [3.63, 3.8) is 0 Å². The van der Waals surface area contributed by atoms with Crippen LogP contribution in [0.3, 0.4) is 0 Å². The minimum atomic E-state index is 0.688. The van der Waals surface area contributed by atoms with Crippen molar-refractivity contribution in [3.05, 3.63) is 83.9 Å². The largest absolute Gasteiger partial charge is 0.327 e. The Balaban J connectivity index is 1.84. The van der Waals surface area contributed by atoms with E-state index >= 15 is 0 Å². The number of nitrogens with one attached hydrogen (secondary N) is 1. The molecule has 0 radical (unpaired) electrons. The first-order valence-corrected chi connectivity index (χ1v) is 8.24. The molecule has 0 aliphatic carbocycles. The number of alkyl halides is 1. The zero-order valence-electron chi connectivity index (χ0n) is 12.8. The van der Waals surface area contributed by atoms with E-state index in [1.54, 1.807) is 0 Å². The third-order valence-corrected chi connectivity index (χ3v) is 3.67. The van der Waals surface area contributed by atoms with Gasteiger partial charge in [-0.1, -0.05) is 72.8 Å². The minimum Gasteiger partial charge on any atom is -0.327 e. The Hall–Kier alpha value is -1.83. The summed E-state index contributed by atoms with van der Waals surface area (Å²) in [4.78, 5) is 1.47. The molecule has 0 aliphatic rings. The lowest BCUT2D eigenvalue weighted by molar-refractivity contribution is -0.885. The highest BCUT2D eigenvalue weighted by Gasteiger charge is 2.02. The molecule has 0 atom stereocenters. The van der Waals surface area contributed by atoms with E-state index in [2.05, 4.69) is 72.8 Å². The number of hydrogen-bond acceptors (Lipinski definition) is 0. The van der Waals surface area contributed by atoms with E-state index in [0.717, 1.165) is 19.6 Å². The number of quaternary nitrogens is 1. The molecule has 1 nitrogen and oxygen atoms in total. The molecule has 0 spiro atoms. The van der Waals surface area contributed by atoms with E-state index in [1.807, 2.05) is 12.1 Å². The summed E-state index contributed by atoms with van der Waals surface area (Å²) in [6, 6.07) is 20.8. The molecule has 2 heteroatoms.